The second-order valence-corrected chi connectivity index (χ2v) is 5.65. The normalized spacial score (nSPS) is 55.4. The summed E-state index contributed by atoms with van der Waals surface area (Å²) in [6.07, 6.45) is -12.1. The Labute approximate surface area is 125 Å². The number of ether oxygens (including phenoxy) is 4. The first-order chi connectivity index (χ1) is 10.4. The number of hydrogen-bond acceptors (Lipinski definition) is 10. The average Bonchev–Trinajstić information content (AvgIpc) is 2.82. The van der Waals surface area contributed by atoms with Crippen molar-refractivity contribution in [2.45, 2.75) is 61.4 Å². The van der Waals surface area contributed by atoms with E-state index in [1.165, 1.54) is 0 Å². The minimum Gasteiger partial charge on any atom is -0.394 e. The fourth-order valence-corrected chi connectivity index (χ4v) is 2.94. The van der Waals surface area contributed by atoms with Crippen molar-refractivity contribution in [1.29, 1.82) is 0 Å². The Bertz CT molecular complexity index is 392. The Morgan fingerprint density at radius 1 is 0.909 bits per heavy atom. The van der Waals surface area contributed by atoms with Crippen LogP contribution in [0.3, 0.4) is 0 Å². The van der Waals surface area contributed by atoms with Crippen molar-refractivity contribution in [1.82, 2.24) is 0 Å². The molecule has 1 unspecified atom stereocenters. The van der Waals surface area contributed by atoms with Crippen molar-refractivity contribution in [3.8, 4) is 0 Å². The van der Waals surface area contributed by atoms with E-state index in [2.05, 4.69) is 0 Å². The fraction of sp³-hybridized carbons (Fsp3) is 1.00. The van der Waals surface area contributed by atoms with E-state index < -0.39 is 68.0 Å². The lowest BCUT2D eigenvalue weighted by Crippen LogP contribution is -2.62. The summed E-state index contributed by atoms with van der Waals surface area (Å²) in [4.78, 5) is 0. The maximum absolute atomic E-state index is 9.93. The minimum atomic E-state index is -1.56. The van der Waals surface area contributed by atoms with Gasteiger partial charge in [-0.1, -0.05) is 0 Å². The molecule has 3 heterocycles. The van der Waals surface area contributed by atoms with E-state index in [1.54, 1.807) is 0 Å². The Morgan fingerprint density at radius 3 is 2.32 bits per heavy atom. The summed E-state index contributed by atoms with van der Waals surface area (Å²) in [5.74, 6) is 0. The third-order valence-corrected chi connectivity index (χ3v) is 4.23. The second-order valence-electron chi connectivity index (χ2n) is 5.65. The maximum atomic E-state index is 9.93. The summed E-state index contributed by atoms with van der Waals surface area (Å²) < 4.78 is 21.2. The highest BCUT2D eigenvalue weighted by Crippen LogP contribution is 2.33. The van der Waals surface area contributed by atoms with Crippen molar-refractivity contribution in [2.24, 2.45) is 0 Å². The highest BCUT2D eigenvalue weighted by atomic mass is 16.7. The largest absolute Gasteiger partial charge is 0.394 e. The quantitative estimate of drug-likeness (QED) is 0.299. The van der Waals surface area contributed by atoms with Crippen LogP contribution in [0.5, 0.6) is 0 Å². The zero-order valence-corrected chi connectivity index (χ0v) is 11.5. The first kappa shape index (κ1) is 16.5. The second kappa shape index (κ2) is 6.24. The van der Waals surface area contributed by atoms with Crippen molar-refractivity contribution >= 4 is 0 Å². The van der Waals surface area contributed by atoms with Gasteiger partial charge in [0.1, 0.15) is 48.8 Å². The monoisotopic (exact) mass is 324 g/mol. The van der Waals surface area contributed by atoms with Crippen LogP contribution >= 0.6 is 0 Å². The van der Waals surface area contributed by atoms with Crippen LogP contribution in [0.1, 0.15) is 0 Å². The van der Waals surface area contributed by atoms with Crippen LogP contribution in [0.4, 0.5) is 0 Å². The van der Waals surface area contributed by atoms with Gasteiger partial charge >= 0.3 is 0 Å². The first-order valence-corrected chi connectivity index (χ1v) is 7.03. The summed E-state index contributed by atoms with van der Waals surface area (Å²) in [7, 11) is 0. The highest BCUT2D eigenvalue weighted by Gasteiger charge is 2.54. The molecule has 2 bridgehead atoms. The van der Waals surface area contributed by atoms with E-state index in [0.29, 0.717) is 0 Å². The molecule has 10 atom stereocenters. The molecule has 0 spiro atoms. The molecule has 6 N–H and O–H groups in total. The van der Waals surface area contributed by atoms with Crippen LogP contribution in [0.15, 0.2) is 0 Å². The third kappa shape index (κ3) is 2.65. The van der Waals surface area contributed by atoms with Crippen LogP contribution < -0.4 is 0 Å². The summed E-state index contributed by atoms with van der Waals surface area (Å²) in [5, 5.41) is 57.8. The van der Waals surface area contributed by atoms with Crippen LogP contribution in [0.2, 0.25) is 0 Å². The van der Waals surface area contributed by atoms with Crippen molar-refractivity contribution in [2.75, 3.05) is 13.2 Å². The summed E-state index contributed by atoms with van der Waals surface area (Å²) >= 11 is 0. The lowest BCUT2D eigenvalue weighted by molar-refractivity contribution is -0.336. The van der Waals surface area contributed by atoms with Gasteiger partial charge in [-0.05, 0) is 0 Å². The topological polar surface area (TPSA) is 158 Å². The van der Waals surface area contributed by atoms with Gasteiger partial charge in [-0.15, -0.1) is 0 Å². The minimum absolute atomic E-state index is 0.0842. The number of fused-ring (bicyclic) bond motifs is 2. The van der Waals surface area contributed by atoms with Gasteiger partial charge in [0.05, 0.1) is 13.2 Å². The molecule has 3 fully saturated rings. The lowest BCUT2D eigenvalue weighted by atomic mass is 9.98. The molecule has 0 aromatic heterocycles. The molecule has 0 aromatic rings. The van der Waals surface area contributed by atoms with E-state index in [0.717, 1.165) is 0 Å². The van der Waals surface area contributed by atoms with Gasteiger partial charge in [0.25, 0.3) is 0 Å². The van der Waals surface area contributed by atoms with Gasteiger partial charge in [-0.3, -0.25) is 0 Å². The molecule has 10 nitrogen and oxygen atoms in total. The highest BCUT2D eigenvalue weighted by molar-refractivity contribution is 4.97. The standard InChI is InChI=1S/C12H20O10/c13-1-3-5(14)6(15)7(16)12(21-3)22-9-4-2-19-10(9)8(17)11(18)20-4/h3-18H,1-2H2/t3-,4-,5+,6+,7-,8-,9+,10-,11+,12?/m0/s1. The predicted octanol–water partition coefficient (Wildman–Crippen LogP) is -4.35. The maximum Gasteiger partial charge on any atom is 0.187 e. The molecular formula is C12H20O10. The number of aliphatic hydroxyl groups excluding tert-OH is 6. The molecular weight excluding hydrogens is 304 g/mol. The molecule has 3 aliphatic heterocycles. The van der Waals surface area contributed by atoms with Crippen LogP contribution in [-0.4, -0.2) is 105 Å². The summed E-state index contributed by atoms with van der Waals surface area (Å²) in [6, 6.07) is 0. The van der Waals surface area contributed by atoms with Gasteiger partial charge in [0.2, 0.25) is 0 Å². The molecule has 0 radical (unpaired) electrons. The van der Waals surface area contributed by atoms with E-state index >= 15 is 0 Å². The molecule has 0 saturated carbocycles. The zero-order valence-electron chi connectivity index (χ0n) is 11.5. The Hall–Kier alpha value is -0.400. The Balaban J connectivity index is 1.70. The van der Waals surface area contributed by atoms with E-state index in [1.807, 2.05) is 0 Å². The van der Waals surface area contributed by atoms with Gasteiger partial charge in [0, 0.05) is 0 Å². The average molecular weight is 324 g/mol. The molecule has 10 heteroatoms. The van der Waals surface area contributed by atoms with E-state index in [-0.39, 0.29) is 6.61 Å². The molecule has 22 heavy (non-hydrogen) atoms. The van der Waals surface area contributed by atoms with E-state index in [9.17, 15) is 25.5 Å². The molecule has 3 aliphatic rings. The van der Waals surface area contributed by atoms with Gasteiger partial charge in [-0.2, -0.15) is 0 Å². The van der Waals surface area contributed by atoms with Crippen LogP contribution in [-0.2, 0) is 18.9 Å². The van der Waals surface area contributed by atoms with E-state index in [4.69, 9.17) is 24.1 Å². The summed E-state index contributed by atoms with van der Waals surface area (Å²) in [5.41, 5.74) is 0. The Morgan fingerprint density at radius 2 is 1.64 bits per heavy atom. The lowest BCUT2D eigenvalue weighted by Gasteiger charge is -2.43. The molecule has 3 rings (SSSR count). The fourth-order valence-electron chi connectivity index (χ4n) is 2.94. The molecule has 128 valence electrons. The number of aliphatic hydroxyl groups is 6. The Kier molecular flexibility index (Phi) is 4.67. The number of rotatable bonds is 3. The molecule has 3 saturated heterocycles. The SMILES string of the molecule is OC[C@@H]1OC(O[C@H]2[C@H]3OC[C@@H]2O[C@@H](O)[C@H]3O)[C@@H](O)[C@H](O)[C@@H]1O. The zero-order chi connectivity index (χ0) is 16.0. The van der Waals surface area contributed by atoms with Gasteiger partial charge < -0.3 is 49.6 Å². The third-order valence-electron chi connectivity index (χ3n) is 4.23. The molecule has 0 amide bonds. The van der Waals surface area contributed by atoms with Crippen molar-refractivity contribution in [3.05, 3.63) is 0 Å². The molecule has 0 aromatic carbocycles. The smallest absolute Gasteiger partial charge is 0.187 e. The number of hydrogen-bond donors (Lipinski definition) is 6. The predicted molar refractivity (Wildman–Crippen MR) is 65.3 cm³/mol. The van der Waals surface area contributed by atoms with Crippen LogP contribution in [0, 0.1) is 0 Å². The van der Waals surface area contributed by atoms with Crippen molar-refractivity contribution in [3.63, 3.8) is 0 Å². The molecule has 0 aliphatic carbocycles. The summed E-state index contributed by atoms with van der Waals surface area (Å²) in [6.45, 7) is -0.489. The first-order valence-electron chi connectivity index (χ1n) is 7.03. The van der Waals surface area contributed by atoms with Gasteiger partial charge in [0.15, 0.2) is 12.6 Å². The van der Waals surface area contributed by atoms with Crippen LogP contribution in [0.25, 0.3) is 0 Å². The van der Waals surface area contributed by atoms with Crippen molar-refractivity contribution < 1.29 is 49.6 Å². The van der Waals surface area contributed by atoms with Gasteiger partial charge in [-0.25, -0.2) is 0 Å².